The number of rotatable bonds is 12. The number of aryl methyl sites for hydroxylation is 3. The van der Waals surface area contributed by atoms with Crippen LogP contribution in [0.3, 0.4) is 0 Å². The molecule has 4 aromatic rings. The molecule has 5 rings (SSSR count). The predicted molar refractivity (Wildman–Crippen MR) is 182 cm³/mol. The first-order valence-electron chi connectivity index (χ1n) is 15.5. The van der Waals surface area contributed by atoms with Crippen LogP contribution in [0, 0.1) is 29.8 Å². The van der Waals surface area contributed by atoms with Crippen molar-refractivity contribution < 1.29 is 40.8 Å². The van der Waals surface area contributed by atoms with Crippen LogP contribution in [0.15, 0.2) is 83.8 Å². The van der Waals surface area contributed by atoms with Crippen LogP contribution in [-0.2, 0) is 37.6 Å². The van der Waals surface area contributed by atoms with Crippen molar-refractivity contribution in [3.05, 3.63) is 117 Å². The fourth-order valence-electron chi connectivity index (χ4n) is 6.01. The Morgan fingerprint density at radius 1 is 1.00 bits per heavy atom. The average molecular weight is 711 g/mol. The molecule has 258 valence electrons. The lowest BCUT2D eigenvalue weighted by atomic mass is 9.94. The number of hydrogen-bond acceptors (Lipinski definition) is 8. The van der Waals surface area contributed by atoms with Gasteiger partial charge in [0.1, 0.15) is 17.7 Å². The molecule has 0 saturated carbocycles. The average Bonchev–Trinajstić information content (AvgIpc) is 3.04. The zero-order valence-electron chi connectivity index (χ0n) is 26.8. The molecule has 1 saturated heterocycles. The van der Waals surface area contributed by atoms with Crippen molar-refractivity contribution in [1.29, 1.82) is 0 Å². The van der Waals surface area contributed by atoms with Crippen molar-refractivity contribution in [3.63, 3.8) is 0 Å². The number of aliphatic carboxylic acids is 1. The summed E-state index contributed by atoms with van der Waals surface area (Å²) in [6, 6.07) is 19.4. The predicted octanol–water partition coefficient (Wildman–Crippen LogP) is 6.39. The number of nitrogens with zero attached hydrogens (tertiary/aromatic N) is 2. The van der Waals surface area contributed by atoms with E-state index in [4.69, 9.17) is 9.84 Å². The Bertz CT molecular complexity index is 2100. The van der Waals surface area contributed by atoms with E-state index in [1.807, 2.05) is 32.0 Å². The van der Waals surface area contributed by atoms with Gasteiger partial charge in [-0.2, -0.15) is 0 Å². The number of sulfone groups is 1. The molecule has 0 aromatic heterocycles. The molecule has 0 radical (unpaired) electrons. The Balaban J connectivity index is 1.50. The zero-order chi connectivity index (χ0) is 35.5. The number of hydrogen-bond donors (Lipinski definition) is 1. The van der Waals surface area contributed by atoms with Crippen molar-refractivity contribution in [2.24, 2.45) is 0 Å². The highest BCUT2D eigenvalue weighted by molar-refractivity contribution is 7.93. The van der Waals surface area contributed by atoms with Gasteiger partial charge in [-0.25, -0.2) is 21.2 Å². The highest BCUT2D eigenvalue weighted by Crippen LogP contribution is 2.35. The van der Waals surface area contributed by atoms with Gasteiger partial charge in [0.15, 0.2) is 14.7 Å². The van der Waals surface area contributed by atoms with Crippen molar-refractivity contribution >= 4 is 37.2 Å². The van der Waals surface area contributed by atoms with Crippen LogP contribution in [-0.4, -0.2) is 50.4 Å². The number of nitro groups is 1. The highest BCUT2D eigenvalue weighted by atomic mass is 32.2. The smallest absolute Gasteiger partial charge is 0.303 e. The Kier molecular flexibility index (Phi) is 10.4. The normalized spacial score (nSPS) is 14.7. The molecule has 0 atom stereocenters. The standard InChI is InChI=1S/C35H35FN2O9S2/c1-23-18-30(47-29-14-16-48(43,44)17-15-29)19-24(2)35(23)27-7-5-6-25(20-27)22-37(28-12-10-26(31(36)21-28)11-13-34(39)40)49(45,46)33-9-4-3-8-32(33)38(41)42/h3-10,12,18-21,29H,11,13-17,22H2,1-2H3,(H,39,40). The summed E-state index contributed by atoms with van der Waals surface area (Å²) in [5, 5.41) is 20.8. The molecule has 1 fully saturated rings. The number of sulfonamides is 1. The third kappa shape index (κ3) is 8.26. The Labute approximate surface area is 284 Å². The van der Waals surface area contributed by atoms with Gasteiger partial charge in [0.25, 0.3) is 15.7 Å². The summed E-state index contributed by atoms with van der Waals surface area (Å²) >= 11 is 0. The summed E-state index contributed by atoms with van der Waals surface area (Å²) in [4.78, 5) is 21.5. The van der Waals surface area contributed by atoms with E-state index in [9.17, 15) is 31.7 Å². The molecule has 4 aromatic carbocycles. The number of ether oxygens (including phenoxy) is 1. The molecule has 0 amide bonds. The molecule has 1 aliphatic heterocycles. The Morgan fingerprint density at radius 2 is 1.67 bits per heavy atom. The SMILES string of the molecule is Cc1cc(OC2CCS(=O)(=O)CC2)cc(C)c1-c1cccc(CN(c2ccc(CCC(=O)O)c(F)c2)S(=O)(=O)c2ccccc2[N+](=O)[O-])c1. The van der Waals surface area contributed by atoms with Crippen LogP contribution >= 0.6 is 0 Å². The van der Waals surface area contributed by atoms with Crippen LogP contribution in [0.25, 0.3) is 11.1 Å². The maximum atomic E-state index is 15.2. The first kappa shape index (κ1) is 35.5. The largest absolute Gasteiger partial charge is 0.490 e. The van der Waals surface area contributed by atoms with Gasteiger partial charge in [-0.1, -0.05) is 36.4 Å². The lowest BCUT2D eigenvalue weighted by Gasteiger charge is -2.26. The number of halogens is 1. The molecule has 1 heterocycles. The van der Waals surface area contributed by atoms with Crippen LogP contribution in [0.5, 0.6) is 5.75 Å². The minimum absolute atomic E-state index is 0.0862. The number of anilines is 1. The quantitative estimate of drug-likeness (QED) is 0.130. The highest BCUT2D eigenvalue weighted by Gasteiger charge is 2.32. The monoisotopic (exact) mass is 710 g/mol. The number of para-hydroxylation sites is 1. The molecule has 1 aliphatic rings. The molecule has 0 unspecified atom stereocenters. The minimum atomic E-state index is -4.63. The van der Waals surface area contributed by atoms with Gasteiger partial charge in [0, 0.05) is 12.5 Å². The molecular formula is C35H35FN2O9S2. The van der Waals surface area contributed by atoms with Crippen LogP contribution in [0.2, 0.25) is 0 Å². The summed E-state index contributed by atoms with van der Waals surface area (Å²) in [6.07, 6.45) is 0.208. The van der Waals surface area contributed by atoms with Crippen molar-refractivity contribution in [2.45, 2.75) is 57.1 Å². The van der Waals surface area contributed by atoms with E-state index < -0.39 is 47.2 Å². The van der Waals surface area contributed by atoms with E-state index in [2.05, 4.69) is 0 Å². The van der Waals surface area contributed by atoms with Gasteiger partial charge in [-0.3, -0.25) is 19.2 Å². The second-order valence-corrected chi connectivity index (χ2v) is 16.1. The van der Waals surface area contributed by atoms with Crippen LogP contribution in [0.4, 0.5) is 15.8 Å². The molecule has 14 heteroatoms. The fraction of sp³-hybridized carbons (Fsp3) is 0.286. The van der Waals surface area contributed by atoms with Crippen molar-refractivity contribution in [2.75, 3.05) is 15.8 Å². The fourth-order valence-corrected chi connectivity index (χ4v) is 9.07. The molecule has 0 aliphatic carbocycles. The van der Waals surface area contributed by atoms with Gasteiger partial charge in [0.2, 0.25) is 0 Å². The maximum absolute atomic E-state index is 15.2. The minimum Gasteiger partial charge on any atom is -0.490 e. The molecule has 11 nitrogen and oxygen atoms in total. The summed E-state index contributed by atoms with van der Waals surface area (Å²) < 4.78 is 74.2. The van der Waals surface area contributed by atoms with Gasteiger partial charge < -0.3 is 9.84 Å². The summed E-state index contributed by atoms with van der Waals surface area (Å²) in [5.41, 5.74) is 3.26. The van der Waals surface area contributed by atoms with Crippen molar-refractivity contribution in [3.8, 4) is 16.9 Å². The second-order valence-electron chi connectivity index (χ2n) is 12.0. The van der Waals surface area contributed by atoms with Crippen molar-refractivity contribution in [1.82, 2.24) is 0 Å². The molecular weight excluding hydrogens is 676 g/mol. The Hall–Kier alpha value is -4.82. The molecule has 1 N–H and O–H groups in total. The van der Waals surface area contributed by atoms with E-state index in [1.54, 1.807) is 18.2 Å². The van der Waals surface area contributed by atoms with Crippen LogP contribution in [0.1, 0.15) is 41.5 Å². The van der Waals surface area contributed by atoms with Gasteiger partial charge in [0.05, 0.1) is 28.7 Å². The van der Waals surface area contributed by atoms with E-state index >= 15 is 4.39 Å². The van der Waals surface area contributed by atoms with Gasteiger partial charge >= 0.3 is 5.97 Å². The van der Waals surface area contributed by atoms with Gasteiger partial charge in [-0.15, -0.1) is 0 Å². The van der Waals surface area contributed by atoms with E-state index in [0.29, 0.717) is 24.2 Å². The third-order valence-electron chi connectivity index (χ3n) is 8.42. The zero-order valence-corrected chi connectivity index (χ0v) is 28.5. The maximum Gasteiger partial charge on any atom is 0.303 e. The number of benzene rings is 4. The topological polar surface area (TPSA) is 161 Å². The number of carbonyl (C=O) groups is 1. The van der Waals surface area contributed by atoms with E-state index in [0.717, 1.165) is 44.8 Å². The van der Waals surface area contributed by atoms with E-state index in [-0.39, 0.29) is 48.2 Å². The number of carboxylic acid groups (broad SMARTS) is 1. The second kappa shape index (κ2) is 14.3. The van der Waals surface area contributed by atoms with E-state index in [1.165, 1.54) is 24.3 Å². The third-order valence-corrected chi connectivity index (χ3v) is 12.0. The van der Waals surface area contributed by atoms with Crippen LogP contribution < -0.4 is 9.04 Å². The lowest BCUT2D eigenvalue weighted by Crippen LogP contribution is -2.31. The number of carboxylic acids is 1. The lowest BCUT2D eigenvalue weighted by molar-refractivity contribution is -0.387. The molecule has 0 bridgehead atoms. The first-order chi connectivity index (χ1) is 23.1. The van der Waals surface area contributed by atoms with Gasteiger partial charge in [-0.05, 0) is 103 Å². The summed E-state index contributed by atoms with van der Waals surface area (Å²) in [7, 11) is -7.65. The Morgan fingerprint density at radius 3 is 2.31 bits per heavy atom. The summed E-state index contributed by atoms with van der Waals surface area (Å²) in [5.74, 6) is -1.12. The summed E-state index contributed by atoms with van der Waals surface area (Å²) in [6.45, 7) is 3.51. The number of nitro benzene ring substituents is 1. The molecule has 49 heavy (non-hydrogen) atoms. The molecule has 0 spiro atoms. The first-order valence-corrected chi connectivity index (χ1v) is 18.7.